The SMILES string of the molecule is COc1cc(C(=O)N2CCC(C(=O)O)(c3ccccc3)CC2)cc2c1OCCO2. The van der Waals surface area contributed by atoms with E-state index < -0.39 is 11.4 Å². The zero-order chi connectivity index (χ0) is 20.4. The summed E-state index contributed by atoms with van der Waals surface area (Å²) in [6, 6.07) is 12.6. The predicted octanol–water partition coefficient (Wildman–Crippen LogP) is 2.73. The Morgan fingerprint density at radius 1 is 1.07 bits per heavy atom. The number of ether oxygens (including phenoxy) is 3. The first-order chi connectivity index (χ1) is 14.0. The second-order valence-corrected chi connectivity index (χ2v) is 7.25. The number of carboxylic acids is 1. The van der Waals surface area contributed by atoms with Crippen molar-refractivity contribution in [3.8, 4) is 17.2 Å². The standard InChI is InChI=1S/C22H23NO6/c1-27-17-13-15(14-18-19(17)29-12-11-28-18)20(24)23-9-7-22(8-10-23,21(25)26)16-5-3-2-4-6-16/h2-6,13-14H,7-12H2,1H3,(H,25,26). The number of likely N-dealkylation sites (tertiary alicyclic amines) is 1. The number of methoxy groups -OCH3 is 1. The summed E-state index contributed by atoms with van der Waals surface area (Å²) >= 11 is 0. The Kier molecular flexibility index (Phi) is 5.05. The van der Waals surface area contributed by atoms with Gasteiger partial charge >= 0.3 is 5.97 Å². The van der Waals surface area contributed by atoms with Gasteiger partial charge in [0, 0.05) is 18.7 Å². The maximum Gasteiger partial charge on any atom is 0.314 e. The maximum absolute atomic E-state index is 13.1. The molecule has 2 aromatic rings. The molecule has 0 saturated carbocycles. The van der Waals surface area contributed by atoms with Crippen molar-refractivity contribution in [1.29, 1.82) is 0 Å². The molecule has 152 valence electrons. The quantitative estimate of drug-likeness (QED) is 0.854. The van der Waals surface area contributed by atoms with Crippen LogP contribution < -0.4 is 14.2 Å². The third-order valence-electron chi connectivity index (χ3n) is 5.71. The van der Waals surface area contributed by atoms with E-state index in [1.165, 1.54) is 7.11 Å². The summed E-state index contributed by atoms with van der Waals surface area (Å²) in [4.78, 5) is 26.9. The molecule has 0 atom stereocenters. The van der Waals surface area contributed by atoms with Gasteiger partial charge in [-0.2, -0.15) is 0 Å². The Morgan fingerprint density at radius 2 is 1.76 bits per heavy atom. The number of carboxylic acid groups (broad SMARTS) is 1. The number of hydrogen-bond acceptors (Lipinski definition) is 5. The molecule has 0 aliphatic carbocycles. The Bertz CT molecular complexity index is 901. The van der Waals surface area contributed by atoms with Gasteiger partial charge in [0.1, 0.15) is 13.2 Å². The first-order valence-corrected chi connectivity index (χ1v) is 9.61. The minimum Gasteiger partial charge on any atom is -0.493 e. The molecule has 1 fully saturated rings. The summed E-state index contributed by atoms with van der Waals surface area (Å²) in [5.41, 5.74) is 0.247. The van der Waals surface area contributed by atoms with Gasteiger partial charge in [-0.05, 0) is 30.5 Å². The van der Waals surface area contributed by atoms with Crippen LogP contribution in [-0.2, 0) is 10.2 Å². The molecule has 0 unspecified atom stereocenters. The molecule has 0 spiro atoms. The third kappa shape index (κ3) is 3.37. The van der Waals surface area contributed by atoms with Crippen LogP contribution in [0.1, 0.15) is 28.8 Å². The zero-order valence-corrected chi connectivity index (χ0v) is 16.2. The van der Waals surface area contributed by atoms with E-state index in [2.05, 4.69) is 0 Å². The molecule has 0 bridgehead atoms. The largest absolute Gasteiger partial charge is 0.493 e. The summed E-state index contributed by atoms with van der Waals surface area (Å²) < 4.78 is 16.6. The first kappa shape index (κ1) is 19.1. The van der Waals surface area contributed by atoms with E-state index in [0.717, 1.165) is 5.56 Å². The molecule has 1 N–H and O–H groups in total. The lowest BCUT2D eigenvalue weighted by molar-refractivity contribution is -0.145. The number of piperidine rings is 1. The fourth-order valence-corrected chi connectivity index (χ4v) is 4.05. The van der Waals surface area contributed by atoms with E-state index in [-0.39, 0.29) is 5.91 Å². The molecule has 2 aliphatic heterocycles. The summed E-state index contributed by atoms with van der Waals surface area (Å²) in [6.07, 6.45) is 0.722. The monoisotopic (exact) mass is 397 g/mol. The van der Waals surface area contributed by atoms with Gasteiger partial charge in [-0.25, -0.2) is 0 Å². The van der Waals surface area contributed by atoms with E-state index in [4.69, 9.17) is 14.2 Å². The third-order valence-corrected chi connectivity index (χ3v) is 5.71. The van der Waals surface area contributed by atoms with Gasteiger partial charge in [-0.15, -0.1) is 0 Å². The fourth-order valence-electron chi connectivity index (χ4n) is 4.05. The first-order valence-electron chi connectivity index (χ1n) is 9.61. The van der Waals surface area contributed by atoms with Crippen LogP contribution in [0.25, 0.3) is 0 Å². The molecular weight excluding hydrogens is 374 g/mol. The van der Waals surface area contributed by atoms with Crippen molar-refractivity contribution in [2.45, 2.75) is 18.3 Å². The number of rotatable bonds is 4. The predicted molar refractivity (Wildman–Crippen MR) is 105 cm³/mol. The minimum absolute atomic E-state index is 0.174. The van der Waals surface area contributed by atoms with Gasteiger partial charge in [0.15, 0.2) is 11.5 Å². The number of fused-ring (bicyclic) bond motifs is 1. The maximum atomic E-state index is 13.1. The van der Waals surface area contributed by atoms with E-state index in [1.54, 1.807) is 17.0 Å². The van der Waals surface area contributed by atoms with Crippen LogP contribution in [-0.4, -0.2) is 55.3 Å². The molecule has 2 aliphatic rings. The summed E-state index contributed by atoms with van der Waals surface area (Å²) in [6.45, 7) is 1.56. The van der Waals surface area contributed by atoms with Crippen LogP contribution >= 0.6 is 0 Å². The van der Waals surface area contributed by atoms with Crippen LogP contribution in [0, 0.1) is 0 Å². The van der Waals surface area contributed by atoms with Gasteiger partial charge < -0.3 is 24.2 Å². The lowest BCUT2D eigenvalue weighted by Crippen LogP contribution is -2.49. The van der Waals surface area contributed by atoms with Gasteiger partial charge in [0.05, 0.1) is 12.5 Å². The molecule has 1 amide bonds. The Balaban J connectivity index is 1.56. The van der Waals surface area contributed by atoms with Crippen LogP contribution in [0.4, 0.5) is 0 Å². The second-order valence-electron chi connectivity index (χ2n) is 7.25. The number of nitrogens with zero attached hydrogens (tertiary/aromatic N) is 1. The highest BCUT2D eigenvalue weighted by atomic mass is 16.6. The highest BCUT2D eigenvalue weighted by Gasteiger charge is 2.44. The van der Waals surface area contributed by atoms with Crippen molar-refractivity contribution in [3.63, 3.8) is 0 Å². The van der Waals surface area contributed by atoms with Crippen molar-refractivity contribution in [2.24, 2.45) is 0 Å². The van der Waals surface area contributed by atoms with Crippen LogP contribution in [0.15, 0.2) is 42.5 Å². The molecule has 7 heteroatoms. The molecule has 0 radical (unpaired) electrons. The van der Waals surface area contributed by atoms with Crippen molar-refractivity contribution in [2.75, 3.05) is 33.4 Å². The molecule has 1 saturated heterocycles. The van der Waals surface area contributed by atoms with Crippen molar-refractivity contribution < 1.29 is 28.9 Å². The molecule has 29 heavy (non-hydrogen) atoms. The Labute approximate surface area is 168 Å². The molecule has 7 nitrogen and oxygen atoms in total. The second kappa shape index (κ2) is 7.66. The van der Waals surface area contributed by atoms with Gasteiger partial charge in [0.25, 0.3) is 5.91 Å². The van der Waals surface area contributed by atoms with Gasteiger partial charge in [-0.1, -0.05) is 30.3 Å². The summed E-state index contributed by atoms with van der Waals surface area (Å²) in [7, 11) is 1.52. The number of aliphatic carboxylic acids is 1. The van der Waals surface area contributed by atoms with Gasteiger partial charge in [-0.3, -0.25) is 9.59 Å². The Hall–Kier alpha value is -3.22. The fraction of sp³-hybridized carbons (Fsp3) is 0.364. The normalized spacial score (nSPS) is 17.5. The van der Waals surface area contributed by atoms with Crippen LogP contribution in [0.5, 0.6) is 17.2 Å². The average molecular weight is 397 g/mol. The minimum atomic E-state index is -0.970. The van der Waals surface area contributed by atoms with Crippen molar-refractivity contribution in [1.82, 2.24) is 4.90 Å². The van der Waals surface area contributed by atoms with E-state index in [1.807, 2.05) is 30.3 Å². The number of hydrogen-bond donors (Lipinski definition) is 1. The van der Waals surface area contributed by atoms with E-state index >= 15 is 0 Å². The zero-order valence-electron chi connectivity index (χ0n) is 16.2. The van der Waals surface area contributed by atoms with E-state index in [0.29, 0.717) is 62.0 Å². The Morgan fingerprint density at radius 3 is 2.41 bits per heavy atom. The lowest BCUT2D eigenvalue weighted by Gasteiger charge is -2.39. The van der Waals surface area contributed by atoms with Crippen LogP contribution in [0.3, 0.4) is 0 Å². The molecule has 2 aromatic carbocycles. The highest BCUT2D eigenvalue weighted by molar-refractivity contribution is 5.96. The molecule has 0 aromatic heterocycles. The number of amides is 1. The molecule has 4 rings (SSSR count). The highest BCUT2D eigenvalue weighted by Crippen LogP contribution is 2.41. The molecule has 2 heterocycles. The smallest absolute Gasteiger partial charge is 0.314 e. The van der Waals surface area contributed by atoms with Gasteiger partial charge in [0.2, 0.25) is 5.75 Å². The van der Waals surface area contributed by atoms with Crippen molar-refractivity contribution >= 4 is 11.9 Å². The van der Waals surface area contributed by atoms with E-state index in [9.17, 15) is 14.7 Å². The number of carbonyl (C=O) groups is 2. The number of benzene rings is 2. The average Bonchev–Trinajstić information content (AvgIpc) is 2.78. The molecular formula is C22H23NO6. The number of carbonyl (C=O) groups excluding carboxylic acids is 1. The topological polar surface area (TPSA) is 85.3 Å². The summed E-state index contributed by atoms with van der Waals surface area (Å²) in [5, 5.41) is 9.93. The summed E-state index contributed by atoms with van der Waals surface area (Å²) in [5.74, 6) is 0.416. The van der Waals surface area contributed by atoms with Crippen LogP contribution in [0.2, 0.25) is 0 Å². The van der Waals surface area contributed by atoms with Crippen molar-refractivity contribution in [3.05, 3.63) is 53.6 Å². The lowest BCUT2D eigenvalue weighted by atomic mass is 9.72.